The first kappa shape index (κ1) is 15.8. The van der Waals surface area contributed by atoms with Gasteiger partial charge in [0, 0.05) is 18.5 Å². The Kier molecular flexibility index (Phi) is 5.62. The van der Waals surface area contributed by atoms with Crippen LogP contribution in [0.25, 0.3) is 0 Å². The van der Waals surface area contributed by atoms with Gasteiger partial charge in [-0.1, -0.05) is 18.2 Å². The van der Waals surface area contributed by atoms with E-state index in [0.717, 1.165) is 25.3 Å². The van der Waals surface area contributed by atoms with Crippen LogP contribution < -0.4 is 4.74 Å². The molecule has 1 aliphatic heterocycles. The minimum atomic E-state index is -0.147. The van der Waals surface area contributed by atoms with Crippen molar-refractivity contribution in [3.63, 3.8) is 0 Å². The lowest BCUT2D eigenvalue weighted by Crippen LogP contribution is -2.40. The molecule has 0 fully saturated rings. The van der Waals surface area contributed by atoms with Gasteiger partial charge in [0.15, 0.2) is 0 Å². The van der Waals surface area contributed by atoms with Gasteiger partial charge in [0.25, 0.3) is 0 Å². The minimum absolute atomic E-state index is 0.147. The zero-order chi connectivity index (χ0) is 15.2. The van der Waals surface area contributed by atoms with Gasteiger partial charge in [-0.25, -0.2) is 0 Å². The number of hydrogen-bond donors (Lipinski definition) is 0. The van der Waals surface area contributed by atoms with Crippen LogP contribution >= 0.6 is 0 Å². The number of carbonyl (C=O) groups excluding carboxylic acids is 1. The van der Waals surface area contributed by atoms with Crippen molar-refractivity contribution in [2.45, 2.75) is 39.2 Å². The molecule has 0 radical (unpaired) electrons. The van der Waals surface area contributed by atoms with Crippen molar-refractivity contribution in [1.82, 2.24) is 4.90 Å². The number of carbonyl (C=O) groups is 1. The van der Waals surface area contributed by atoms with E-state index in [1.165, 1.54) is 5.56 Å². The van der Waals surface area contributed by atoms with E-state index in [4.69, 9.17) is 9.47 Å². The largest absolute Gasteiger partial charge is 0.493 e. The van der Waals surface area contributed by atoms with Crippen molar-refractivity contribution in [3.05, 3.63) is 29.8 Å². The van der Waals surface area contributed by atoms with E-state index in [2.05, 4.69) is 24.8 Å². The van der Waals surface area contributed by atoms with Gasteiger partial charge in [-0.15, -0.1) is 0 Å². The Labute approximate surface area is 127 Å². The lowest BCUT2D eigenvalue weighted by molar-refractivity contribution is -0.145. The average molecular weight is 291 g/mol. The molecule has 1 aliphatic rings. The van der Waals surface area contributed by atoms with Gasteiger partial charge in [-0.3, -0.25) is 9.69 Å². The molecular weight excluding hydrogens is 266 g/mol. The summed E-state index contributed by atoms with van der Waals surface area (Å²) in [4.78, 5) is 13.9. The van der Waals surface area contributed by atoms with E-state index < -0.39 is 0 Å². The van der Waals surface area contributed by atoms with Crippen LogP contribution in [0.15, 0.2) is 24.3 Å². The molecule has 116 valence electrons. The van der Waals surface area contributed by atoms with Crippen LogP contribution in [0.4, 0.5) is 0 Å². The Bertz CT molecular complexity index is 473. The SMILES string of the molecule is CCOC(=O)CN(CC1CCOc2ccccc21)C(C)C. The quantitative estimate of drug-likeness (QED) is 0.756. The van der Waals surface area contributed by atoms with Gasteiger partial charge >= 0.3 is 5.97 Å². The molecule has 0 aliphatic carbocycles. The summed E-state index contributed by atoms with van der Waals surface area (Å²) in [7, 11) is 0. The lowest BCUT2D eigenvalue weighted by atomic mass is 9.92. The fourth-order valence-electron chi connectivity index (χ4n) is 2.72. The zero-order valence-electron chi connectivity index (χ0n) is 13.2. The second kappa shape index (κ2) is 7.46. The topological polar surface area (TPSA) is 38.8 Å². The smallest absolute Gasteiger partial charge is 0.320 e. The maximum absolute atomic E-state index is 11.8. The summed E-state index contributed by atoms with van der Waals surface area (Å²) in [6.45, 7) is 8.46. The molecule has 1 aromatic rings. The van der Waals surface area contributed by atoms with Crippen LogP contribution in [0.5, 0.6) is 5.75 Å². The Morgan fingerprint density at radius 1 is 1.43 bits per heavy atom. The zero-order valence-corrected chi connectivity index (χ0v) is 13.2. The van der Waals surface area contributed by atoms with Crippen LogP contribution in [0.1, 0.15) is 38.7 Å². The normalized spacial score (nSPS) is 17.5. The monoisotopic (exact) mass is 291 g/mol. The molecule has 0 aromatic heterocycles. The maximum Gasteiger partial charge on any atom is 0.320 e. The van der Waals surface area contributed by atoms with Gasteiger partial charge in [0.05, 0.1) is 19.8 Å². The van der Waals surface area contributed by atoms with E-state index >= 15 is 0 Å². The predicted octanol–water partition coefficient (Wildman–Crippen LogP) is 2.83. The molecule has 1 aromatic carbocycles. The molecule has 1 heterocycles. The number of benzene rings is 1. The number of esters is 1. The Morgan fingerprint density at radius 2 is 2.19 bits per heavy atom. The van der Waals surface area contributed by atoms with Gasteiger partial charge in [0.1, 0.15) is 5.75 Å². The molecular formula is C17H25NO3. The number of nitrogens with zero attached hydrogens (tertiary/aromatic N) is 1. The van der Waals surface area contributed by atoms with Crippen molar-refractivity contribution >= 4 is 5.97 Å². The number of hydrogen-bond acceptors (Lipinski definition) is 4. The van der Waals surface area contributed by atoms with Crippen LogP contribution in [-0.2, 0) is 9.53 Å². The Hall–Kier alpha value is -1.55. The summed E-state index contributed by atoms with van der Waals surface area (Å²) in [5.74, 6) is 1.24. The molecule has 2 rings (SSSR count). The van der Waals surface area contributed by atoms with Crippen molar-refractivity contribution in [2.75, 3.05) is 26.3 Å². The van der Waals surface area contributed by atoms with E-state index in [1.807, 2.05) is 25.1 Å². The molecule has 4 nitrogen and oxygen atoms in total. The highest BCUT2D eigenvalue weighted by atomic mass is 16.5. The summed E-state index contributed by atoms with van der Waals surface area (Å²) < 4.78 is 10.8. The highest BCUT2D eigenvalue weighted by Crippen LogP contribution is 2.34. The fourth-order valence-corrected chi connectivity index (χ4v) is 2.72. The number of rotatable bonds is 6. The predicted molar refractivity (Wildman–Crippen MR) is 82.6 cm³/mol. The second-order valence-electron chi connectivity index (χ2n) is 5.70. The maximum atomic E-state index is 11.8. The first-order valence-corrected chi connectivity index (χ1v) is 7.73. The molecule has 21 heavy (non-hydrogen) atoms. The highest BCUT2D eigenvalue weighted by molar-refractivity contribution is 5.71. The van der Waals surface area contributed by atoms with E-state index in [9.17, 15) is 4.79 Å². The lowest BCUT2D eigenvalue weighted by Gasteiger charge is -2.33. The molecule has 0 N–H and O–H groups in total. The summed E-state index contributed by atoms with van der Waals surface area (Å²) in [6.07, 6.45) is 0.989. The average Bonchev–Trinajstić information content (AvgIpc) is 2.47. The van der Waals surface area contributed by atoms with E-state index in [1.54, 1.807) is 0 Å². The van der Waals surface area contributed by atoms with Crippen molar-refractivity contribution < 1.29 is 14.3 Å². The van der Waals surface area contributed by atoms with Crippen molar-refractivity contribution in [2.24, 2.45) is 0 Å². The Balaban J connectivity index is 2.06. The summed E-state index contributed by atoms with van der Waals surface area (Å²) in [6, 6.07) is 8.50. The molecule has 1 atom stereocenters. The van der Waals surface area contributed by atoms with Crippen molar-refractivity contribution in [1.29, 1.82) is 0 Å². The standard InChI is InChI=1S/C17H25NO3/c1-4-20-17(19)12-18(13(2)3)11-14-9-10-21-16-8-6-5-7-15(14)16/h5-8,13-14H,4,9-12H2,1-3H3. The Morgan fingerprint density at radius 3 is 2.90 bits per heavy atom. The summed E-state index contributed by atoms with van der Waals surface area (Å²) >= 11 is 0. The van der Waals surface area contributed by atoms with Gasteiger partial charge in [0.2, 0.25) is 0 Å². The first-order valence-electron chi connectivity index (χ1n) is 7.73. The third-order valence-electron chi connectivity index (χ3n) is 3.91. The molecule has 0 bridgehead atoms. The number of fused-ring (bicyclic) bond motifs is 1. The van der Waals surface area contributed by atoms with E-state index in [-0.39, 0.29) is 5.97 Å². The van der Waals surface area contributed by atoms with Gasteiger partial charge in [-0.2, -0.15) is 0 Å². The third-order valence-corrected chi connectivity index (χ3v) is 3.91. The van der Waals surface area contributed by atoms with Crippen LogP contribution in [0.2, 0.25) is 0 Å². The number of ether oxygens (including phenoxy) is 2. The van der Waals surface area contributed by atoms with Crippen LogP contribution in [0.3, 0.4) is 0 Å². The summed E-state index contributed by atoms with van der Waals surface area (Å²) in [5, 5.41) is 0. The van der Waals surface area contributed by atoms with Crippen molar-refractivity contribution in [3.8, 4) is 5.75 Å². The first-order chi connectivity index (χ1) is 10.1. The van der Waals surface area contributed by atoms with E-state index in [0.29, 0.717) is 25.1 Å². The minimum Gasteiger partial charge on any atom is -0.493 e. The van der Waals surface area contributed by atoms with Gasteiger partial charge in [-0.05, 0) is 38.8 Å². The van der Waals surface area contributed by atoms with Crippen LogP contribution in [-0.4, -0.2) is 43.2 Å². The fraction of sp³-hybridized carbons (Fsp3) is 0.588. The molecule has 4 heteroatoms. The molecule has 0 spiro atoms. The van der Waals surface area contributed by atoms with Gasteiger partial charge < -0.3 is 9.47 Å². The molecule has 0 amide bonds. The molecule has 1 unspecified atom stereocenters. The molecule has 0 saturated carbocycles. The number of para-hydroxylation sites is 1. The second-order valence-corrected chi connectivity index (χ2v) is 5.70. The summed E-state index contributed by atoms with van der Waals surface area (Å²) in [5.41, 5.74) is 1.25. The highest BCUT2D eigenvalue weighted by Gasteiger charge is 2.25. The molecule has 0 saturated heterocycles. The third kappa shape index (κ3) is 4.21. The van der Waals surface area contributed by atoms with Crippen LogP contribution in [0, 0.1) is 0 Å².